The molecule has 0 spiro atoms. The smallest absolute Gasteiger partial charge is 0.337 e. The zero-order valence-corrected chi connectivity index (χ0v) is 29.0. The number of tetrazole rings is 1. The third kappa shape index (κ3) is 6.83. The van der Waals surface area contributed by atoms with E-state index in [0.717, 1.165) is 58.3 Å². The largest absolute Gasteiger partial charge is 0.463 e. The molecule has 1 unspecified atom stereocenters. The van der Waals surface area contributed by atoms with Crippen LogP contribution in [0.1, 0.15) is 48.9 Å². The first-order valence-electron chi connectivity index (χ1n) is 17.7. The van der Waals surface area contributed by atoms with E-state index >= 15 is 0 Å². The molecule has 8 heteroatoms. The molecule has 256 valence electrons. The molecule has 0 radical (unpaired) electrons. The molecule has 1 aliphatic rings. The molecule has 1 atom stereocenters. The molecule has 0 fully saturated rings. The van der Waals surface area contributed by atoms with Gasteiger partial charge in [-0.1, -0.05) is 153 Å². The Morgan fingerprint density at radius 2 is 1.31 bits per heavy atom. The van der Waals surface area contributed by atoms with Crippen LogP contribution in [0, 0.1) is 0 Å². The molecule has 2 heterocycles. The lowest BCUT2D eigenvalue weighted by Gasteiger charge is -2.34. The number of hydrogen-bond donors (Lipinski definition) is 1. The Kier molecular flexibility index (Phi) is 10.1. The van der Waals surface area contributed by atoms with Gasteiger partial charge < -0.3 is 9.75 Å². The highest BCUT2D eigenvalue weighted by Crippen LogP contribution is 2.40. The number of hydrogen-bond acceptors (Lipinski definition) is 7. The van der Waals surface area contributed by atoms with Crippen molar-refractivity contribution in [1.29, 1.82) is 0 Å². The van der Waals surface area contributed by atoms with Gasteiger partial charge in [-0.2, -0.15) is 0 Å². The molecule has 0 saturated carbocycles. The summed E-state index contributed by atoms with van der Waals surface area (Å²) in [5, 5.41) is 16.6. The standard InChI is InChI=1S/C43H42N6O2/c1-3-5-29-48-31-39(42(50)51-4-2)40(45-48)30-32-25-27-33(28-26-32)37-23-15-16-24-38(37)41-44-47-49(46-41)43(34-17-9-6-10-18-34,35-19-11-7-12-20-35)36-21-13-8-14-22-36/h6-28,31,40,45H,3-5,29-30H2,1-2H3. The van der Waals surface area contributed by atoms with E-state index in [1.807, 2.05) is 90.9 Å². The second-order valence-corrected chi connectivity index (χ2v) is 12.7. The average Bonchev–Trinajstić information content (AvgIpc) is 3.84. The van der Waals surface area contributed by atoms with Gasteiger partial charge in [0.1, 0.15) is 0 Å². The molecule has 0 saturated heterocycles. The first kappa shape index (κ1) is 33.6. The van der Waals surface area contributed by atoms with Gasteiger partial charge in [-0.15, -0.1) is 15.0 Å². The van der Waals surface area contributed by atoms with Crippen LogP contribution < -0.4 is 5.43 Å². The summed E-state index contributed by atoms with van der Waals surface area (Å²) in [4.78, 5) is 14.6. The summed E-state index contributed by atoms with van der Waals surface area (Å²) < 4.78 is 5.38. The summed E-state index contributed by atoms with van der Waals surface area (Å²) in [6.07, 6.45) is 4.68. The van der Waals surface area contributed by atoms with Gasteiger partial charge in [0.15, 0.2) is 5.54 Å². The Bertz CT molecular complexity index is 1980. The fourth-order valence-corrected chi connectivity index (χ4v) is 6.92. The number of carbonyl (C=O) groups excluding carboxylic acids is 1. The van der Waals surface area contributed by atoms with Crippen LogP contribution >= 0.6 is 0 Å². The molecule has 8 nitrogen and oxygen atoms in total. The summed E-state index contributed by atoms with van der Waals surface area (Å²) in [5.41, 5.74) is 10.4. The first-order chi connectivity index (χ1) is 25.1. The van der Waals surface area contributed by atoms with Gasteiger partial charge in [-0.3, -0.25) is 0 Å². The van der Waals surface area contributed by atoms with Crippen LogP contribution in [0.25, 0.3) is 22.5 Å². The van der Waals surface area contributed by atoms with E-state index in [1.54, 1.807) is 4.80 Å². The highest BCUT2D eigenvalue weighted by Gasteiger charge is 2.41. The van der Waals surface area contributed by atoms with E-state index in [1.165, 1.54) is 0 Å². The van der Waals surface area contributed by atoms with Crippen LogP contribution in [-0.2, 0) is 21.5 Å². The quantitative estimate of drug-likeness (QED) is 0.0988. The molecule has 0 bridgehead atoms. The van der Waals surface area contributed by atoms with Gasteiger partial charge in [0.2, 0.25) is 5.82 Å². The van der Waals surface area contributed by atoms with Crippen molar-refractivity contribution < 1.29 is 9.53 Å². The zero-order chi connectivity index (χ0) is 35.0. The Morgan fingerprint density at radius 3 is 1.88 bits per heavy atom. The van der Waals surface area contributed by atoms with Crippen molar-refractivity contribution >= 4 is 5.97 Å². The highest BCUT2D eigenvalue weighted by atomic mass is 16.5. The van der Waals surface area contributed by atoms with Crippen LogP contribution in [0.2, 0.25) is 0 Å². The maximum atomic E-state index is 12.8. The molecule has 6 aromatic rings. The van der Waals surface area contributed by atoms with Gasteiger partial charge in [0.25, 0.3) is 0 Å². The van der Waals surface area contributed by atoms with E-state index < -0.39 is 5.54 Å². The minimum atomic E-state index is -0.858. The van der Waals surface area contributed by atoms with Crippen molar-refractivity contribution in [1.82, 2.24) is 30.6 Å². The molecule has 1 aromatic heterocycles. The van der Waals surface area contributed by atoms with Gasteiger partial charge in [0, 0.05) is 18.3 Å². The summed E-state index contributed by atoms with van der Waals surface area (Å²) in [5.74, 6) is 0.268. The lowest BCUT2D eigenvalue weighted by molar-refractivity contribution is -0.138. The van der Waals surface area contributed by atoms with Crippen molar-refractivity contribution in [2.24, 2.45) is 0 Å². The minimum Gasteiger partial charge on any atom is -0.463 e. The number of rotatable bonds is 13. The van der Waals surface area contributed by atoms with E-state index in [2.05, 4.69) is 79.1 Å². The fraction of sp³-hybridized carbons (Fsp3) is 0.209. The van der Waals surface area contributed by atoms with Gasteiger partial charge in [0.05, 0.1) is 18.2 Å². The second kappa shape index (κ2) is 15.4. The van der Waals surface area contributed by atoms with Crippen molar-refractivity contribution in [3.8, 4) is 22.5 Å². The molecule has 1 N–H and O–H groups in total. The molecule has 1 aliphatic heterocycles. The lowest BCUT2D eigenvalue weighted by Crippen LogP contribution is -2.39. The van der Waals surface area contributed by atoms with Crippen LogP contribution in [-0.4, -0.2) is 50.4 Å². The summed E-state index contributed by atoms with van der Waals surface area (Å²) >= 11 is 0. The van der Waals surface area contributed by atoms with Crippen LogP contribution in [0.3, 0.4) is 0 Å². The summed E-state index contributed by atoms with van der Waals surface area (Å²) in [7, 11) is 0. The number of aromatic nitrogens is 4. The van der Waals surface area contributed by atoms with E-state index in [-0.39, 0.29) is 12.0 Å². The van der Waals surface area contributed by atoms with Crippen molar-refractivity contribution in [3.05, 3.63) is 174 Å². The number of nitrogens with one attached hydrogen (secondary N) is 1. The van der Waals surface area contributed by atoms with E-state index in [4.69, 9.17) is 20.1 Å². The SMILES string of the molecule is CCCCN1C=C(C(=O)OCC)C(Cc2ccc(-c3ccccc3-c3nnn(C(c4ccccc4)(c4ccccc4)c4ccccc4)n3)cc2)N1. The maximum Gasteiger partial charge on any atom is 0.337 e. The van der Waals surface area contributed by atoms with Crippen molar-refractivity contribution in [2.75, 3.05) is 13.2 Å². The Balaban J connectivity index is 1.22. The molecule has 0 aliphatic carbocycles. The van der Waals surface area contributed by atoms with Crippen LogP contribution in [0.15, 0.2) is 151 Å². The predicted molar refractivity (Wildman–Crippen MR) is 200 cm³/mol. The Morgan fingerprint density at radius 1 is 0.745 bits per heavy atom. The molecule has 5 aromatic carbocycles. The van der Waals surface area contributed by atoms with Gasteiger partial charge in [-0.05, 0) is 58.4 Å². The third-order valence-corrected chi connectivity index (χ3v) is 9.42. The second-order valence-electron chi connectivity index (χ2n) is 12.7. The number of esters is 1. The predicted octanol–water partition coefficient (Wildman–Crippen LogP) is 7.83. The Hall–Kier alpha value is -5.86. The third-order valence-electron chi connectivity index (χ3n) is 9.42. The Labute approximate surface area is 299 Å². The lowest BCUT2D eigenvalue weighted by atomic mass is 9.77. The number of nitrogens with zero attached hydrogens (tertiary/aromatic N) is 5. The number of ether oxygens (including phenoxy) is 1. The number of hydrazine groups is 1. The maximum absolute atomic E-state index is 12.8. The minimum absolute atomic E-state index is 0.155. The first-order valence-corrected chi connectivity index (χ1v) is 17.7. The monoisotopic (exact) mass is 674 g/mol. The number of benzene rings is 5. The normalized spacial score (nSPS) is 14.4. The fourth-order valence-electron chi connectivity index (χ4n) is 6.92. The highest BCUT2D eigenvalue weighted by molar-refractivity contribution is 5.90. The van der Waals surface area contributed by atoms with Gasteiger partial charge >= 0.3 is 5.97 Å². The van der Waals surface area contributed by atoms with Crippen LogP contribution in [0.4, 0.5) is 0 Å². The molecular formula is C43H42N6O2. The van der Waals surface area contributed by atoms with E-state index in [0.29, 0.717) is 24.4 Å². The average molecular weight is 675 g/mol. The number of carbonyl (C=O) groups is 1. The number of unbranched alkanes of at least 4 members (excludes halogenated alkanes) is 1. The zero-order valence-electron chi connectivity index (χ0n) is 29.0. The molecule has 7 rings (SSSR count). The molecule has 0 amide bonds. The topological polar surface area (TPSA) is 85.2 Å². The van der Waals surface area contributed by atoms with Gasteiger partial charge in [-0.25, -0.2) is 10.2 Å². The molecule has 51 heavy (non-hydrogen) atoms. The van der Waals surface area contributed by atoms with Crippen molar-refractivity contribution in [2.45, 2.75) is 44.7 Å². The van der Waals surface area contributed by atoms with Crippen molar-refractivity contribution in [3.63, 3.8) is 0 Å². The van der Waals surface area contributed by atoms with E-state index in [9.17, 15) is 4.79 Å². The summed E-state index contributed by atoms with van der Waals surface area (Å²) in [6.45, 7) is 5.19. The molecular weight excluding hydrogens is 633 g/mol. The summed E-state index contributed by atoms with van der Waals surface area (Å²) in [6, 6.07) is 47.6. The van der Waals surface area contributed by atoms with Crippen LogP contribution in [0.5, 0.6) is 0 Å².